The number of piperidine rings is 1. The Balaban J connectivity index is 0.00000137. The standard InChI is InChI=1S/C24H21F6N3O3.C2H6.H2/c25-16-10-31-22-15(9-17(32-22)13-5-8-35-11-13)19(16)12-3-6-33(7-4-12)23(34)14-1-2-18(21(27)20(14)26)36-24(28,29)30;1-2;/h1-2,9-10,12-13H,3-8,11H2,(H,31,32);1-2H3;1H. The maximum atomic E-state index is 14.9. The zero-order valence-corrected chi connectivity index (χ0v) is 20.8. The van der Waals surface area contributed by atoms with Gasteiger partial charge in [0.2, 0.25) is 5.82 Å². The van der Waals surface area contributed by atoms with Gasteiger partial charge in [0.25, 0.3) is 5.91 Å². The summed E-state index contributed by atoms with van der Waals surface area (Å²) in [5.41, 5.74) is 1.27. The topological polar surface area (TPSA) is 67.5 Å². The van der Waals surface area contributed by atoms with E-state index in [1.165, 1.54) is 4.90 Å². The summed E-state index contributed by atoms with van der Waals surface area (Å²) in [7, 11) is 0. The van der Waals surface area contributed by atoms with Crippen molar-refractivity contribution in [3.8, 4) is 5.75 Å². The number of rotatable bonds is 4. The molecule has 2 aliphatic heterocycles. The third-order valence-electron chi connectivity index (χ3n) is 6.74. The van der Waals surface area contributed by atoms with Gasteiger partial charge in [0.1, 0.15) is 11.5 Å². The van der Waals surface area contributed by atoms with Crippen molar-refractivity contribution in [3.63, 3.8) is 0 Å². The molecule has 4 heterocycles. The highest BCUT2D eigenvalue weighted by Crippen LogP contribution is 2.37. The van der Waals surface area contributed by atoms with Crippen LogP contribution in [0.2, 0.25) is 0 Å². The number of hydrogen-bond donors (Lipinski definition) is 1. The molecule has 0 bridgehead atoms. The van der Waals surface area contributed by atoms with E-state index in [-0.39, 0.29) is 26.4 Å². The Morgan fingerprint density at radius 1 is 1.11 bits per heavy atom. The van der Waals surface area contributed by atoms with Crippen molar-refractivity contribution in [2.24, 2.45) is 0 Å². The molecule has 1 amide bonds. The van der Waals surface area contributed by atoms with Crippen molar-refractivity contribution in [2.45, 2.75) is 51.3 Å². The van der Waals surface area contributed by atoms with E-state index in [2.05, 4.69) is 14.7 Å². The zero-order chi connectivity index (χ0) is 27.6. The molecule has 5 rings (SSSR count). The van der Waals surface area contributed by atoms with Gasteiger partial charge in [-0.3, -0.25) is 4.79 Å². The number of aromatic amines is 1. The smallest absolute Gasteiger partial charge is 0.403 e. The largest absolute Gasteiger partial charge is 0.573 e. The van der Waals surface area contributed by atoms with Gasteiger partial charge >= 0.3 is 6.36 Å². The number of alkyl halides is 3. The first-order valence-corrected chi connectivity index (χ1v) is 12.4. The number of likely N-dealkylation sites (tertiary alicyclic amines) is 1. The third kappa shape index (κ3) is 5.59. The van der Waals surface area contributed by atoms with Crippen LogP contribution in [0.1, 0.15) is 68.0 Å². The van der Waals surface area contributed by atoms with Gasteiger partial charge in [-0.15, -0.1) is 13.2 Å². The summed E-state index contributed by atoms with van der Waals surface area (Å²) in [6, 6.07) is 3.21. The van der Waals surface area contributed by atoms with E-state index < -0.39 is 41.0 Å². The van der Waals surface area contributed by atoms with E-state index in [4.69, 9.17) is 4.74 Å². The Morgan fingerprint density at radius 3 is 2.45 bits per heavy atom. The van der Waals surface area contributed by atoms with E-state index in [9.17, 15) is 31.1 Å². The molecule has 2 fully saturated rings. The fourth-order valence-corrected chi connectivity index (χ4v) is 4.95. The van der Waals surface area contributed by atoms with Gasteiger partial charge < -0.3 is 19.4 Å². The fourth-order valence-electron chi connectivity index (χ4n) is 4.95. The molecule has 208 valence electrons. The van der Waals surface area contributed by atoms with Crippen LogP contribution in [-0.4, -0.2) is 53.4 Å². The maximum absolute atomic E-state index is 14.9. The molecule has 0 radical (unpaired) electrons. The molecule has 1 N–H and O–H groups in total. The average Bonchev–Trinajstić information content (AvgIpc) is 3.57. The van der Waals surface area contributed by atoms with Gasteiger partial charge in [-0.1, -0.05) is 13.8 Å². The predicted octanol–water partition coefficient (Wildman–Crippen LogP) is 6.67. The zero-order valence-electron chi connectivity index (χ0n) is 20.8. The lowest BCUT2D eigenvalue weighted by atomic mass is 9.87. The van der Waals surface area contributed by atoms with Crippen LogP contribution < -0.4 is 4.74 Å². The summed E-state index contributed by atoms with van der Waals surface area (Å²) in [4.78, 5) is 21.5. The highest BCUT2D eigenvalue weighted by Gasteiger charge is 2.35. The summed E-state index contributed by atoms with van der Waals surface area (Å²) < 4.78 is 89.3. The number of fused-ring (bicyclic) bond motifs is 1. The number of ether oxygens (including phenoxy) is 2. The Morgan fingerprint density at radius 2 is 1.82 bits per heavy atom. The summed E-state index contributed by atoms with van der Waals surface area (Å²) >= 11 is 0. The molecule has 38 heavy (non-hydrogen) atoms. The molecule has 1 unspecified atom stereocenters. The molecule has 6 nitrogen and oxygen atoms in total. The number of nitrogens with one attached hydrogen (secondary N) is 1. The van der Waals surface area contributed by atoms with Crippen LogP contribution in [0.25, 0.3) is 11.0 Å². The number of benzene rings is 1. The van der Waals surface area contributed by atoms with Crippen LogP contribution in [0, 0.1) is 17.5 Å². The summed E-state index contributed by atoms with van der Waals surface area (Å²) in [5.74, 6) is -6.37. The molecule has 1 aromatic carbocycles. The normalized spacial score (nSPS) is 18.4. The average molecular weight is 546 g/mol. The van der Waals surface area contributed by atoms with Crippen LogP contribution in [-0.2, 0) is 4.74 Å². The maximum Gasteiger partial charge on any atom is 0.573 e. The van der Waals surface area contributed by atoms with Gasteiger partial charge in [-0.2, -0.15) is 4.39 Å². The minimum Gasteiger partial charge on any atom is -0.403 e. The Labute approximate surface area is 216 Å². The minimum atomic E-state index is -5.21. The van der Waals surface area contributed by atoms with Crippen molar-refractivity contribution < 1.29 is 42.0 Å². The highest BCUT2D eigenvalue weighted by atomic mass is 19.4. The summed E-state index contributed by atoms with van der Waals surface area (Å²) in [6.07, 6.45) is -2.49. The number of H-pyrrole nitrogens is 1. The molecule has 2 aromatic heterocycles. The minimum absolute atomic E-state index is 0. The number of pyridine rings is 1. The summed E-state index contributed by atoms with van der Waals surface area (Å²) in [5, 5.41) is 0.662. The van der Waals surface area contributed by atoms with E-state index >= 15 is 0 Å². The van der Waals surface area contributed by atoms with Gasteiger partial charge in [0.15, 0.2) is 11.6 Å². The lowest BCUT2D eigenvalue weighted by Crippen LogP contribution is -2.38. The molecule has 0 aliphatic carbocycles. The Hall–Kier alpha value is -3.28. The molecule has 0 spiro atoms. The van der Waals surface area contributed by atoms with E-state index in [1.54, 1.807) is 0 Å². The van der Waals surface area contributed by atoms with Crippen molar-refractivity contribution in [1.82, 2.24) is 14.9 Å². The van der Waals surface area contributed by atoms with Gasteiger partial charge in [0, 0.05) is 43.7 Å². The molecular formula is C26H29F6N3O3. The van der Waals surface area contributed by atoms with Gasteiger partial charge in [-0.05, 0) is 43.4 Å². The monoisotopic (exact) mass is 545 g/mol. The van der Waals surface area contributed by atoms with Crippen LogP contribution >= 0.6 is 0 Å². The second-order valence-corrected chi connectivity index (χ2v) is 8.92. The van der Waals surface area contributed by atoms with Crippen molar-refractivity contribution >= 4 is 16.9 Å². The number of hydrogen-bond acceptors (Lipinski definition) is 4. The van der Waals surface area contributed by atoms with Gasteiger partial charge in [-0.25, -0.2) is 13.8 Å². The first kappa shape index (κ1) is 27.7. The van der Waals surface area contributed by atoms with Crippen molar-refractivity contribution in [2.75, 3.05) is 26.3 Å². The number of amides is 1. The number of carbonyl (C=O) groups is 1. The second-order valence-electron chi connectivity index (χ2n) is 8.92. The van der Waals surface area contributed by atoms with Crippen molar-refractivity contribution in [1.29, 1.82) is 0 Å². The number of halogens is 6. The fraction of sp³-hybridized carbons (Fsp3) is 0.462. The second kappa shape index (κ2) is 11.2. The number of aromatic nitrogens is 2. The molecule has 0 saturated carbocycles. The van der Waals surface area contributed by atoms with E-state index in [0.29, 0.717) is 48.7 Å². The van der Waals surface area contributed by atoms with E-state index in [1.807, 2.05) is 19.9 Å². The van der Waals surface area contributed by atoms with Crippen LogP contribution in [0.4, 0.5) is 26.3 Å². The molecule has 1 atom stereocenters. The number of nitrogens with zero attached hydrogens (tertiary/aromatic N) is 2. The van der Waals surface area contributed by atoms with Crippen LogP contribution in [0.15, 0.2) is 24.4 Å². The first-order chi connectivity index (χ1) is 18.1. The molecule has 3 aromatic rings. The summed E-state index contributed by atoms with van der Waals surface area (Å²) in [6.45, 7) is 5.49. The number of carbonyl (C=O) groups excluding carboxylic acids is 1. The van der Waals surface area contributed by atoms with Crippen LogP contribution in [0.3, 0.4) is 0 Å². The van der Waals surface area contributed by atoms with Gasteiger partial charge in [0.05, 0.1) is 18.4 Å². The molecule has 2 aliphatic rings. The predicted molar refractivity (Wildman–Crippen MR) is 129 cm³/mol. The van der Waals surface area contributed by atoms with Crippen LogP contribution in [0.5, 0.6) is 5.75 Å². The quantitative estimate of drug-likeness (QED) is 0.372. The molecule has 2 saturated heterocycles. The Kier molecular flexibility index (Phi) is 8.19. The molecule has 12 heteroatoms. The van der Waals surface area contributed by atoms with E-state index in [0.717, 1.165) is 24.4 Å². The highest BCUT2D eigenvalue weighted by molar-refractivity contribution is 5.94. The molecular weight excluding hydrogens is 516 g/mol. The third-order valence-corrected chi connectivity index (χ3v) is 6.74. The lowest BCUT2D eigenvalue weighted by Gasteiger charge is -2.32. The first-order valence-electron chi connectivity index (χ1n) is 12.4. The lowest BCUT2D eigenvalue weighted by molar-refractivity contribution is -0.275. The Bertz CT molecular complexity index is 1300. The SMILES string of the molecule is CC.O=C(c1ccc(OC(F)(F)F)c(F)c1F)N1CCC(c2c(F)cnc3[nH]c(C4CCOC4)cc23)CC1.[HH]. The van der Waals surface area contributed by atoms with Crippen molar-refractivity contribution in [3.05, 3.63) is 58.7 Å².